The molecule has 0 fully saturated rings. The van der Waals surface area contributed by atoms with Crippen LogP contribution in [0.2, 0.25) is 5.15 Å². The summed E-state index contributed by atoms with van der Waals surface area (Å²) in [7, 11) is 1.60. The van der Waals surface area contributed by atoms with Gasteiger partial charge < -0.3 is 9.15 Å². The summed E-state index contributed by atoms with van der Waals surface area (Å²) in [6.45, 7) is 1.84. The van der Waals surface area contributed by atoms with Crippen LogP contribution in [0.3, 0.4) is 0 Å². The Labute approximate surface area is 165 Å². The zero-order chi connectivity index (χ0) is 19.7. The fraction of sp³-hybridized carbons (Fsp3) is 0.0952. The van der Waals surface area contributed by atoms with Crippen molar-refractivity contribution < 1.29 is 13.9 Å². The number of fused-ring (bicyclic) bond motifs is 2. The third-order valence-corrected chi connectivity index (χ3v) is 4.72. The van der Waals surface area contributed by atoms with Gasteiger partial charge >= 0.3 is 5.91 Å². The number of hydrogen-bond donors (Lipinski definition) is 1. The number of furan rings is 1. The van der Waals surface area contributed by atoms with E-state index in [0.29, 0.717) is 16.9 Å². The highest BCUT2D eigenvalue weighted by molar-refractivity contribution is 6.32. The van der Waals surface area contributed by atoms with Crippen LogP contribution in [0.15, 0.2) is 58.0 Å². The average molecular weight is 394 g/mol. The van der Waals surface area contributed by atoms with Crippen LogP contribution in [-0.2, 0) is 0 Å². The summed E-state index contributed by atoms with van der Waals surface area (Å²) < 4.78 is 10.9. The van der Waals surface area contributed by atoms with Crippen molar-refractivity contribution in [1.29, 1.82) is 0 Å². The number of ether oxygens (including phenoxy) is 1. The van der Waals surface area contributed by atoms with E-state index in [1.807, 2.05) is 55.5 Å². The first kappa shape index (κ1) is 18.0. The third kappa shape index (κ3) is 3.30. The SMILES string of the molecule is COc1ccc2nc(Cl)c(/C=N\NC(=O)c3oc4ccccc4c3C)cc2c1. The lowest BCUT2D eigenvalue weighted by Gasteiger charge is -2.04. The van der Waals surface area contributed by atoms with E-state index in [2.05, 4.69) is 15.5 Å². The molecule has 0 unspecified atom stereocenters. The van der Waals surface area contributed by atoms with Gasteiger partial charge in [0.2, 0.25) is 0 Å². The molecule has 0 saturated carbocycles. The number of para-hydroxylation sites is 1. The molecular formula is C21H16ClN3O3. The first-order valence-electron chi connectivity index (χ1n) is 8.52. The van der Waals surface area contributed by atoms with E-state index < -0.39 is 5.91 Å². The second-order valence-corrected chi connectivity index (χ2v) is 6.54. The van der Waals surface area contributed by atoms with Crippen LogP contribution in [-0.4, -0.2) is 24.2 Å². The number of amides is 1. The van der Waals surface area contributed by atoms with Crippen molar-refractivity contribution >= 4 is 45.6 Å². The maximum absolute atomic E-state index is 12.4. The molecule has 7 heteroatoms. The number of hydrogen-bond acceptors (Lipinski definition) is 5. The molecule has 28 heavy (non-hydrogen) atoms. The molecule has 0 atom stereocenters. The van der Waals surface area contributed by atoms with Gasteiger partial charge in [0.15, 0.2) is 5.76 Å². The Morgan fingerprint density at radius 1 is 1.25 bits per heavy atom. The number of benzene rings is 2. The molecule has 0 saturated heterocycles. The number of methoxy groups -OCH3 is 1. The van der Waals surface area contributed by atoms with E-state index >= 15 is 0 Å². The summed E-state index contributed by atoms with van der Waals surface area (Å²) in [5.74, 6) is 0.510. The van der Waals surface area contributed by atoms with Crippen LogP contribution in [0, 0.1) is 6.92 Å². The number of carbonyl (C=O) groups excluding carboxylic acids is 1. The predicted octanol–water partition coefficient (Wildman–Crippen LogP) is 4.72. The van der Waals surface area contributed by atoms with E-state index in [9.17, 15) is 4.79 Å². The molecule has 0 spiro atoms. The normalized spacial score (nSPS) is 11.4. The van der Waals surface area contributed by atoms with Crippen molar-refractivity contribution in [2.24, 2.45) is 5.10 Å². The van der Waals surface area contributed by atoms with Crippen LogP contribution in [0.4, 0.5) is 0 Å². The third-order valence-electron chi connectivity index (χ3n) is 4.42. The van der Waals surface area contributed by atoms with Gasteiger partial charge in [-0.05, 0) is 37.3 Å². The highest BCUT2D eigenvalue weighted by Crippen LogP contribution is 2.25. The smallest absolute Gasteiger partial charge is 0.307 e. The Balaban J connectivity index is 1.57. The van der Waals surface area contributed by atoms with Crippen LogP contribution in [0.5, 0.6) is 5.75 Å². The standard InChI is InChI=1S/C21H16ClN3O3/c1-12-16-5-3-4-6-18(16)28-19(12)21(26)25-23-11-14-9-13-10-15(27-2)7-8-17(13)24-20(14)22/h3-11H,1-2H3,(H,25,26)/b23-11-. The molecule has 1 amide bonds. The summed E-state index contributed by atoms with van der Waals surface area (Å²) in [5, 5.41) is 6.03. The molecule has 1 N–H and O–H groups in total. The Morgan fingerprint density at radius 3 is 2.86 bits per heavy atom. The van der Waals surface area contributed by atoms with Gasteiger partial charge in [-0.3, -0.25) is 4.79 Å². The Morgan fingerprint density at radius 2 is 2.07 bits per heavy atom. The molecule has 4 aromatic rings. The Hall–Kier alpha value is -3.38. The summed E-state index contributed by atoms with van der Waals surface area (Å²) in [5.41, 5.74) is 5.21. The first-order valence-corrected chi connectivity index (χ1v) is 8.90. The number of aromatic nitrogens is 1. The highest BCUT2D eigenvalue weighted by atomic mass is 35.5. The van der Waals surface area contributed by atoms with Gasteiger partial charge in [-0.2, -0.15) is 5.10 Å². The number of aryl methyl sites for hydroxylation is 1. The number of rotatable bonds is 4. The van der Waals surface area contributed by atoms with Crippen LogP contribution < -0.4 is 10.2 Å². The van der Waals surface area contributed by atoms with Gasteiger partial charge in [-0.25, -0.2) is 10.4 Å². The van der Waals surface area contributed by atoms with Gasteiger partial charge in [-0.15, -0.1) is 0 Å². The fourth-order valence-corrected chi connectivity index (χ4v) is 3.16. The molecule has 2 heterocycles. The largest absolute Gasteiger partial charge is 0.497 e. The predicted molar refractivity (Wildman–Crippen MR) is 109 cm³/mol. The maximum atomic E-state index is 12.4. The van der Waals surface area contributed by atoms with Crippen LogP contribution >= 0.6 is 11.6 Å². The van der Waals surface area contributed by atoms with Crippen LogP contribution in [0.25, 0.3) is 21.9 Å². The summed E-state index contributed by atoms with van der Waals surface area (Å²) in [4.78, 5) is 16.8. The van der Waals surface area contributed by atoms with E-state index in [0.717, 1.165) is 21.9 Å². The van der Waals surface area contributed by atoms with Gasteiger partial charge in [0.05, 0.1) is 18.8 Å². The molecule has 0 aliphatic heterocycles. The fourth-order valence-electron chi connectivity index (χ4n) is 2.97. The summed E-state index contributed by atoms with van der Waals surface area (Å²) >= 11 is 6.22. The zero-order valence-electron chi connectivity index (χ0n) is 15.2. The minimum Gasteiger partial charge on any atom is -0.497 e. The number of hydrazone groups is 1. The maximum Gasteiger partial charge on any atom is 0.307 e. The van der Waals surface area contributed by atoms with E-state index in [-0.39, 0.29) is 10.9 Å². The van der Waals surface area contributed by atoms with Crippen molar-refractivity contribution in [2.75, 3.05) is 7.11 Å². The molecule has 0 bridgehead atoms. The quantitative estimate of drug-likeness (QED) is 0.309. The molecule has 140 valence electrons. The number of nitrogens with zero attached hydrogens (tertiary/aromatic N) is 2. The topological polar surface area (TPSA) is 76.7 Å². The lowest BCUT2D eigenvalue weighted by atomic mass is 10.1. The number of carbonyl (C=O) groups is 1. The van der Waals surface area contributed by atoms with Crippen molar-refractivity contribution in [1.82, 2.24) is 10.4 Å². The number of pyridine rings is 1. The average Bonchev–Trinajstić information content (AvgIpc) is 3.05. The zero-order valence-corrected chi connectivity index (χ0v) is 15.9. The second kappa shape index (κ2) is 7.32. The molecule has 0 aliphatic carbocycles. The lowest BCUT2D eigenvalue weighted by Crippen LogP contribution is -2.17. The lowest BCUT2D eigenvalue weighted by molar-refractivity contribution is 0.0929. The van der Waals surface area contributed by atoms with Gasteiger partial charge in [0.1, 0.15) is 16.5 Å². The summed E-state index contributed by atoms with van der Waals surface area (Å²) in [6, 6.07) is 14.8. The summed E-state index contributed by atoms with van der Waals surface area (Å²) in [6.07, 6.45) is 1.45. The van der Waals surface area contributed by atoms with Crippen molar-refractivity contribution in [3.63, 3.8) is 0 Å². The molecule has 2 aromatic carbocycles. The van der Waals surface area contributed by atoms with Gasteiger partial charge in [-0.1, -0.05) is 29.8 Å². The molecule has 6 nitrogen and oxygen atoms in total. The first-order chi connectivity index (χ1) is 13.6. The molecule has 0 aliphatic rings. The second-order valence-electron chi connectivity index (χ2n) is 6.18. The van der Waals surface area contributed by atoms with Crippen molar-refractivity contribution in [3.8, 4) is 5.75 Å². The van der Waals surface area contributed by atoms with Crippen LogP contribution in [0.1, 0.15) is 21.7 Å². The Kier molecular flexibility index (Phi) is 4.71. The van der Waals surface area contributed by atoms with Crippen molar-refractivity contribution in [3.05, 3.63) is 70.6 Å². The van der Waals surface area contributed by atoms with E-state index in [4.69, 9.17) is 20.8 Å². The minimum atomic E-state index is -0.434. The molecular weight excluding hydrogens is 378 g/mol. The van der Waals surface area contributed by atoms with E-state index in [1.165, 1.54) is 6.21 Å². The number of nitrogens with one attached hydrogen (secondary N) is 1. The van der Waals surface area contributed by atoms with Gasteiger partial charge in [0.25, 0.3) is 0 Å². The molecule has 0 radical (unpaired) electrons. The molecule has 2 aromatic heterocycles. The van der Waals surface area contributed by atoms with E-state index in [1.54, 1.807) is 7.11 Å². The Bertz CT molecular complexity index is 1230. The monoisotopic (exact) mass is 393 g/mol. The highest BCUT2D eigenvalue weighted by Gasteiger charge is 2.16. The molecule has 4 rings (SSSR count). The minimum absolute atomic E-state index is 0.228. The number of halogens is 1. The van der Waals surface area contributed by atoms with Crippen molar-refractivity contribution in [2.45, 2.75) is 6.92 Å². The van der Waals surface area contributed by atoms with Gasteiger partial charge in [0, 0.05) is 21.9 Å².